The van der Waals surface area contributed by atoms with Crippen LogP contribution in [0.5, 0.6) is 5.88 Å². The zero-order chi connectivity index (χ0) is 10.7. The monoisotopic (exact) mass is 207 g/mol. The molecule has 0 spiro atoms. The van der Waals surface area contributed by atoms with E-state index in [9.17, 15) is 0 Å². The van der Waals surface area contributed by atoms with Gasteiger partial charge < -0.3 is 10.1 Å². The largest absolute Gasteiger partial charge is 0.475 e. The van der Waals surface area contributed by atoms with Gasteiger partial charge in [0.15, 0.2) is 0 Å². The number of ether oxygens (including phenoxy) is 1. The molecule has 1 heterocycles. The van der Waals surface area contributed by atoms with Crippen LogP contribution < -0.4 is 10.1 Å². The topological polar surface area (TPSA) is 47.0 Å². The van der Waals surface area contributed by atoms with Gasteiger partial charge in [-0.25, -0.2) is 9.97 Å². The number of nitrogens with zero attached hydrogens (tertiary/aromatic N) is 2. The lowest BCUT2D eigenvalue weighted by atomic mass is 10.4. The second-order valence-electron chi connectivity index (χ2n) is 4.23. The Labute approximate surface area is 90.1 Å². The number of hydrogen-bond acceptors (Lipinski definition) is 4. The molecule has 4 nitrogen and oxygen atoms in total. The lowest BCUT2D eigenvalue weighted by Gasteiger charge is -2.09. The summed E-state index contributed by atoms with van der Waals surface area (Å²) >= 11 is 0. The number of anilines is 1. The normalized spacial score (nSPS) is 15.4. The molecule has 1 fully saturated rings. The number of hydrogen-bond donors (Lipinski definition) is 1. The summed E-state index contributed by atoms with van der Waals surface area (Å²) < 4.78 is 5.49. The third-order valence-corrected chi connectivity index (χ3v) is 2.27. The van der Waals surface area contributed by atoms with Gasteiger partial charge in [0.05, 0.1) is 6.10 Å². The summed E-state index contributed by atoms with van der Waals surface area (Å²) in [5.41, 5.74) is 0. The Morgan fingerprint density at radius 2 is 2.27 bits per heavy atom. The van der Waals surface area contributed by atoms with Gasteiger partial charge >= 0.3 is 0 Å². The van der Waals surface area contributed by atoms with E-state index in [1.54, 1.807) is 0 Å². The van der Waals surface area contributed by atoms with Crippen molar-refractivity contribution in [2.75, 3.05) is 11.9 Å². The van der Waals surface area contributed by atoms with Crippen molar-refractivity contribution in [3.05, 3.63) is 12.4 Å². The summed E-state index contributed by atoms with van der Waals surface area (Å²) in [6.07, 6.45) is 4.37. The number of nitrogens with one attached hydrogen (secondary N) is 1. The molecule has 82 valence electrons. The molecule has 0 aromatic carbocycles. The molecule has 1 saturated carbocycles. The first-order valence-electron chi connectivity index (χ1n) is 5.46. The quantitative estimate of drug-likeness (QED) is 0.803. The molecule has 0 amide bonds. The van der Waals surface area contributed by atoms with Crippen molar-refractivity contribution in [3.63, 3.8) is 0 Å². The molecule has 0 atom stereocenters. The summed E-state index contributed by atoms with van der Waals surface area (Å²) in [4.78, 5) is 8.19. The van der Waals surface area contributed by atoms with Crippen LogP contribution in [0, 0.1) is 5.92 Å². The first-order chi connectivity index (χ1) is 7.24. The molecule has 0 bridgehead atoms. The van der Waals surface area contributed by atoms with Crippen LogP contribution in [0.3, 0.4) is 0 Å². The molecule has 1 N–H and O–H groups in total. The van der Waals surface area contributed by atoms with E-state index >= 15 is 0 Å². The lowest BCUT2D eigenvalue weighted by Crippen LogP contribution is -2.09. The molecule has 0 radical (unpaired) electrons. The highest BCUT2D eigenvalue weighted by Gasteiger charge is 2.20. The second-order valence-corrected chi connectivity index (χ2v) is 4.23. The van der Waals surface area contributed by atoms with Gasteiger partial charge in [0.25, 0.3) is 0 Å². The van der Waals surface area contributed by atoms with Crippen molar-refractivity contribution in [1.82, 2.24) is 9.97 Å². The van der Waals surface area contributed by atoms with E-state index in [0.717, 1.165) is 18.3 Å². The average molecular weight is 207 g/mol. The Hall–Kier alpha value is -1.32. The van der Waals surface area contributed by atoms with Gasteiger partial charge in [-0.05, 0) is 32.6 Å². The fourth-order valence-electron chi connectivity index (χ4n) is 1.31. The summed E-state index contributed by atoms with van der Waals surface area (Å²) in [6.45, 7) is 4.98. The van der Waals surface area contributed by atoms with Crippen molar-refractivity contribution in [2.24, 2.45) is 5.92 Å². The van der Waals surface area contributed by atoms with Gasteiger partial charge in [-0.3, -0.25) is 0 Å². The minimum absolute atomic E-state index is 0.149. The Balaban J connectivity index is 1.91. The van der Waals surface area contributed by atoms with Crippen LogP contribution in [0.1, 0.15) is 26.7 Å². The molecule has 15 heavy (non-hydrogen) atoms. The van der Waals surface area contributed by atoms with Crippen LogP contribution >= 0.6 is 0 Å². The standard InChI is InChI=1S/C11H17N3O/c1-8(2)15-11-5-10(13-7-14-11)12-6-9-3-4-9/h5,7-9H,3-4,6H2,1-2H3,(H,12,13,14). The smallest absolute Gasteiger partial charge is 0.218 e. The Bertz CT molecular complexity index is 323. The number of aromatic nitrogens is 2. The van der Waals surface area contributed by atoms with Gasteiger partial charge in [-0.15, -0.1) is 0 Å². The average Bonchev–Trinajstić information content (AvgIpc) is 2.97. The summed E-state index contributed by atoms with van der Waals surface area (Å²) in [5.74, 6) is 2.33. The van der Waals surface area contributed by atoms with E-state index in [4.69, 9.17) is 4.74 Å². The van der Waals surface area contributed by atoms with Gasteiger partial charge in [-0.2, -0.15) is 0 Å². The zero-order valence-corrected chi connectivity index (χ0v) is 9.23. The highest BCUT2D eigenvalue weighted by atomic mass is 16.5. The predicted octanol–water partition coefficient (Wildman–Crippen LogP) is 2.09. The highest BCUT2D eigenvalue weighted by molar-refractivity contribution is 5.37. The zero-order valence-electron chi connectivity index (χ0n) is 9.23. The summed E-state index contributed by atoms with van der Waals surface area (Å²) in [7, 11) is 0. The molecule has 0 saturated heterocycles. The molecule has 0 unspecified atom stereocenters. The van der Waals surface area contributed by atoms with Crippen molar-refractivity contribution in [2.45, 2.75) is 32.8 Å². The Morgan fingerprint density at radius 3 is 2.93 bits per heavy atom. The van der Waals surface area contributed by atoms with Gasteiger partial charge in [-0.1, -0.05) is 0 Å². The van der Waals surface area contributed by atoms with Crippen LogP contribution in [0.4, 0.5) is 5.82 Å². The molecule has 1 aromatic rings. The predicted molar refractivity (Wildman–Crippen MR) is 59.0 cm³/mol. The maximum absolute atomic E-state index is 5.49. The summed E-state index contributed by atoms with van der Waals surface area (Å²) in [6, 6.07) is 1.85. The SMILES string of the molecule is CC(C)Oc1cc(NCC2CC2)ncn1. The fraction of sp³-hybridized carbons (Fsp3) is 0.636. The van der Waals surface area contributed by atoms with Crippen molar-refractivity contribution in [3.8, 4) is 5.88 Å². The van der Waals surface area contributed by atoms with Crippen LogP contribution in [0.2, 0.25) is 0 Å². The van der Waals surface area contributed by atoms with Crippen molar-refractivity contribution < 1.29 is 4.74 Å². The van der Waals surface area contributed by atoms with Crippen LogP contribution in [0.15, 0.2) is 12.4 Å². The Morgan fingerprint density at radius 1 is 1.47 bits per heavy atom. The van der Waals surface area contributed by atoms with E-state index in [1.165, 1.54) is 19.2 Å². The van der Waals surface area contributed by atoms with Gasteiger partial charge in [0.1, 0.15) is 12.1 Å². The molecular weight excluding hydrogens is 190 g/mol. The van der Waals surface area contributed by atoms with Crippen LogP contribution in [-0.4, -0.2) is 22.6 Å². The first-order valence-corrected chi connectivity index (χ1v) is 5.46. The molecule has 1 aliphatic rings. The number of rotatable bonds is 5. The van der Waals surface area contributed by atoms with E-state index < -0.39 is 0 Å². The van der Waals surface area contributed by atoms with Crippen LogP contribution in [0.25, 0.3) is 0 Å². The third-order valence-electron chi connectivity index (χ3n) is 2.27. The fourth-order valence-corrected chi connectivity index (χ4v) is 1.31. The van der Waals surface area contributed by atoms with Crippen molar-refractivity contribution >= 4 is 5.82 Å². The van der Waals surface area contributed by atoms with E-state index in [2.05, 4.69) is 15.3 Å². The van der Waals surface area contributed by atoms with Crippen LogP contribution in [-0.2, 0) is 0 Å². The maximum atomic E-state index is 5.49. The minimum Gasteiger partial charge on any atom is -0.475 e. The molecule has 1 aromatic heterocycles. The summed E-state index contributed by atoms with van der Waals surface area (Å²) in [5, 5.41) is 3.29. The van der Waals surface area contributed by atoms with E-state index in [1.807, 2.05) is 19.9 Å². The molecule has 2 rings (SSSR count). The first kappa shape index (κ1) is 10.2. The highest BCUT2D eigenvalue weighted by Crippen LogP contribution is 2.28. The maximum Gasteiger partial charge on any atom is 0.218 e. The molecule has 4 heteroatoms. The van der Waals surface area contributed by atoms with E-state index in [0.29, 0.717) is 5.88 Å². The molecular formula is C11H17N3O. The second kappa shape index (κ2) is 4.47. The van der Waals surface area contributed by atoms with Gasteiger partial charge in [0.2, 0.25) is 5.88 Å². The van der Waals surface area contributed by atoms with Crippen molar-refractivity contribution in [1.29, 1.82) is 0 Å². The van der Waals surface area contributed by atoms with Gasteiger partial charge in [0, 0.05) is 12.6 Å². The van der Waals surface area contributed by atoms with E-state index in [-0.39, 0.29) is 6.10 Å². The Kier molecular flexibility index (Phi) is 3.04. The third kappa shape index (κ3) is 3.38. The lowest BCUT2D eigenvalue weighted by molar-refractivity contribution is 0.232. The molecule has 1 aliphatic carbocycles. The molecule has 0 aliphatic heterocycles. The minimum atomic E-state index is 0.149.